The Labute approximate surface area is 158 Å². The van der Waals surface area contributed by atoms with E-state index in [2.05, 4.69) is 15.5 Å². The molecule has 2 aromatic rings. The predicted octanol–water partition coefficient (Wildman–Crippen LogP) is 2.97. The van der Waals surface area contributed by atoms with Gasteiger partial charge in [0, 0.05) is 30.4 Å². The van der Waals surface area contributed by atoms with Crippen LogP contribution in [0.2, 0.25) is 0 Å². The molecular weight excluding hydrogens is 345 g/mol. The molecule has 1 aliphatic rings. The van der Waals surface area contributed by atoms with E-state index in [4.69, 9.17) is 0 Å². The van der Waals surface area contributed by atoms with Crippen LogP contribution in [0.15, 0.2) is 48.5 Å². The molecular formula is C21H24FN3O2. The fourth-order valence-corrected chi connectivity index (χ4v) is 3.22. The zero-order chi connectivity index (χ0) is 19.2. The summed E-state index contributed by atoms with van der Waals surface area (Å²) >= 11 is 0. The highest BCUT2D eigenvalue weighted by Gasteiger charge is 2.22. The molecule has 2 N–H and O–H groups in total. The Kier molecular flexibility index (Phi) is 6.19. The van der Waals surface area contributed by atoms with Gasteiger partial charge in [0.1, 0.15) is 5.82 Å². The fraction of sp³-hybridized carbons (Fsp3) is 0.333. The van der Waals surface area contributed by atoms with Crippen molar-refractivity contribution in [1.82, 2.24) is 10.2 Å². The van der Waals surface area contributed by atoms with Crippen molar-refractivity contribution in [3.8, 4) is 0 Å². The maximum Gasteiger partial charge on any atom is 0.251 e. The molecule has 0 aromatic heterocycles. The van der Waals surface area contributed by atoms with E-state index >= 15 is 0 Å². The van der Waals surface area contributed by atoms with Gasteiger partial charge in [0.15, 0.2) is 0 Å². The molecule has 3 rings (SSSR count). The Morgan fingerprint density at radius 3 is 2.52 bits per heavy atom. The highest BCUT2D eigenvalue weighted by atomic mass is 19.1. The summed E-state index contributed by atoms with van der Waals surface area (Å²) < 4.78 is 13.3. The number of hydrogen-bond acceptors (Lipinski definition) is 3. The first-order valence-electron chi connectivity index (χ1n) is 9.15. The number of anilines is 1. The fourth-order valence-electron chi connectivity index (χ4n) is 3.22. The number of hydrogen-bond donors (Lipinski definition) is 2. The lowest BCUT2D eigenvalue weighted by atomic mass is 10.0. The molecule has 0 atom stereocenters. The number of rotatable bonds is 5. The molecule has 142 valence electrons. The molecule has 0 saturated carbocycles. The monoisotopic (exact) mass is 369 g/mol. The number of piperidine rings is 1. The van der Waals surface area contributed by atoms with Crippen LogP contribution in [0.1, 0.15) is 28.8 Å². The zero-order valence-electron chi connectivity index (χ0n) is 15.4. The van der Waals surface area contributed by atoms with Crippen molar-refractivity contribution in [2.24, 2.45) is 0 Å². The molecule has 1 heterocycles. The number of nitrogens with one attached hydrogen (secondary N) is 2. The van der Waals surface area contributed by atoms with Gasteiger partial charge in [-0.15, -0.1) is 0 Å². The third-order valence-corrected chi connectivity index (χ3v) is 4.80. The second-order valence-corrected chi connectivity index (χ2v) is 6.90. The number of halogens is 1. The van der Waals surface area contributed by atoms with Gasteiger partial charge in [0.05, 0.1) is 6.54 Å². The molecule has 27 heavy (non-hydrogen) atoms. The third-order valence-electron chi connectivity index (χ3n) is 4.80. The number of carbonyl (C=O) groups excluding carboxylic acids is 2. The van der Waals surface area contributed by atoms with E-state index in [9.17, 15) is 14.0 Å². The van der Waals surface area contributed by atoms with Gasteiger partial charge >= 0.3 is 0 Å². The van der Waals surface area contributed by atoms with Crippen molar-refractivity contribution < 1.29 is 14.0 Å². The average Bonchev–Trinajstić information content (AvgIpc) is 2.67. The highest BCUT2D eigenvalue weighted by Crippen LogP contribution is 2.16. The standard InChI is InChI=1S/C21H24FN3O2/c1-15-7-8-17(22)13-19(15)24-20(26)14-25-11-9-18(10-12-25)23-21(27)16-5-3-2-4-6-16/h2-8,13,18H,9-12,14H2,1H3,(H,23,27)(H,24,26). The normalized spacial score (nSPS) is 15.3. The largest absolute Gasteiger partial charge is 0.349 e. The highest BCUT2D eigenvalue weighted by molar-refractivity contribution is 5.94. The van der Waals surface area contributed by atoms with Gasteiger partial charge in [-0.2, -0.15) is 0 Å². The van der Waals surface area contributed by atoms with E-state index < -0.39 is 0 Å². The van der Waals surface area contributed by atoms with Crippen LogP contribution in [0, 0.1) is 12.7 Å². The van der Waals surface area contributed by atoms with Crippen molar-refractivity contribution >= 4 is 17.5 Å². The minimum absolute atomic E-state index is 0.0617. The molecule has 5 nitrogen and oxygen atoms in total. The maximum absolute atomic E-state index is 13.3. The molecule has 6 heteroatoms. The average molecular weight is 369 g/mol. The number of likely N-dealkylation sites (tertiary alicyclic amines) is 1. The lowest BCUT2D eigenvalue weighted by molar-refractivity contribution is -0.117. The molecule has 0 spiro atoms. The third kappa shape index (κ3) is 5.37. The van der Waals surface area contributed by atoms with Crippen LogP contribution in [0.25, 0.3) is 0 Å². The first-order chi connectivity index (χ1) is 13.0. The van der Waals surface area contributed by atoms with E-state index in [-0.39, 0.29) is 30.2 Å². The van der Waals surface area contributed by atoms with Gasteiger partial charge < -0.3 is 10.6 Å². The minimum atomic E-state index is -0.370. The van der Waals surface area contributed by atoms with Crippen molar-refractivity contribution in [3.63, 3.8) is 0 Å². The van der Waals surface area contributed by atoms with Crippen LogP contribution in [-0.4, -0.2) is 42.4 Å². The van der Waals surface area contributed by atoms with Crippen molar-refractivity contribution in [3.05, 3.63) is 65.5 Å². The Morgan fingerprint density at radius 2 is 1.81 bits per heavy atom. The first kappa shape index (κ1) is 19.0. The van der Waals surface area contributed by atoms with Crippen LogP contribution in [0.3, 0.4) is 0 Å². The van der Waals surface area contributed by atoms with Crippen molar-refractivity contribution in [2.45, 2.75) is 25.8 Å². The van der Waals surface area contributed by atoms with Crippen LogP contribution in [0.5, 0.6) is 0 Å². The van der Waals surface area contributed by atoms with Crippen molar-refractivity contribution in [1.29, 1.82) is 0 Å². The van der Waals surface area contributed by atoms with Crippen LogP contribution in [0.4, 0.5) is 10.1 Å². The van der Waals surface area contributed by atoms with Crippen LogP contribution < -0.4 is 10.6 Å². The lowest BCUT2D eigenvalue weighted by Gasteiger charge is -2.31. The smallest absolute Gasteiger partial charge is 0.251 e. The van der Waals surface area contributed by atoms with E-state index in [1.165, 1.54) is 12.1 Å². The molecule has 0 unspecified atom stereocenters. The van der Waals surface area contributed by atoms with E-state index in [1.54, 1.807) is 18.2 Å². The van der Waals surface area contributed by atoms with Crippen LogP contribution in [-0.2, 0) is 4.79 Å². The molecule has 0 radical (unpaired) electrons. The summed E-state index contributed by atoms with van der Waals surface area (Å²) in [5.74, 6) is -0.588. The quantitative estimate of drug-likeness (QED) is 0.852. The summed E-state index contributed by atoms with van der Waals surface area (Å²) in [5.41, 5.74) is 1.99. The van der Waals surface area contributed by atoms with Gasteiger partial charge in [0.2, 0.25) is 5.91 Å². The molecule has 2 amide bonds. The van der Waals surface area contributed by atoms with Gasteiger partial charge in [-0.1, -0.05) is 24.3 Å². The summed E-state index contributed by atoms with van der Waals surface area (Å²) in [5, 5.41) is 5.83. The zero-order valence-corrected chi connectivity index (χ0v) is 15.4. The predicted molar refractivity (Wildman–Crippen MR) is 103 cm³/mol. The summed E-state index contributed by atoms with van der Waals surface area (Å²) in [6.45, 7) is 3.55. The first-order valence-corrected chi connectivity index (χ1v) is 9.15. The second kappa shape index (κ2) is 8.77. The maximum atomic E-state index is 13.3. The Hall–Kier alpha value is -2.73. The molecule has 1 saturated heterocycles. The number of nitrogens with zero attached hydrogens (tertiary/aromatic N) is 1. The second-order valence-electron chi connectivity index (χ2n) is 6.90. The number of amides is 2. The summed E-state index contributed by atoms with van der Waals surface area (Å²) in [6.07, 6.45) is 1.59. The molecule has 2 aromatic carbocycles. The Bertz CT molecular complexity index is 802. The van der Waals surface area contributed by atoms with Gasteiger partial charge in [-0.3, -0.25) is 14.5 Å². The summed E-state index contributed by atoms with van der Waals surface area (Å²) in [4.78, 5) is 26.5. The summed E-state index contributed by atoms with van der Waals surface area (Å²) in [6, 6.07) is 13.6. The molecule has 1 aliphatic heterocycles. The Morgan fingerprint density at radius 1 is 1.11 bits per heavy atom. The Balaban J connectivity index is 1.44. The van der Waals surface area contributed by atoms with Gasteiger partial charge in [0.25, 0.3) is 5.91 Å². The minimum Gasteiger partial charge on any atom is -0.349 e. The molecule has 1 fully saturated rings. The molecule has 0 bridgehead atoms. The van der Waals surface area contributed by atoms with Crippen LogP contribution >= 0.6 is 0 Å². The van der Waals surface area contributed by atoms with Crippen molar-refractivity contribution in [2.75, 3.05) is 25.0 Å². The topological polar surface area (TPSA) is 61.4 Å². The SMILES string of the molecule is Cc1ccc(F)cc1NC(=O)CN1CCC(NC(=O)c2ccccc2)CC1. The number of carbonyl (C=O) groups is 2. The van der Waals surface area contributed by atoms with E-state index in [1.807, 2.05) is 25.1 Å². The molecule has 0 aliphatic carbocycles. The van der Waals surface area contributed by atoms with Gasteiger partial charge in [-0.25, -0.2) is 4.39 Å². The number of benzene rings is 2. The lowest BCUT2D eigenvalue weighted by Crippen LogP contribution is -2.46. The van der Waals surface area contributed by atoms with E-state index in [0.29, 0.717) is 11.3 Å². The van der Waals surface area contributed by atoms with E-state index in [0.717, 1.165) is 31.5 Å². The number of aryl methyl sites for hydroxylation is 1. The summed E-state index contributed by atoms with van der Waals surface area (Å²) in [7, 11) is 0. The van der Waals surface area contributed by atoms with Gasteiger partial charge in [-0.05, 0) is 49.6 Å².